The number of pyridine rings is 2. The van der Waals surface area contributed by atoms with Gasteiger partial charge in [-0.25, -0.2) is 0 Å². The molecular formula is C22H22N4O. The second-order valence-corrected chi connectivity index (χ2v) is 6.50. The Morgan fingerprint density at radius 3 is 2.74 bits per heavy atom. The number of hydrogen-bond acceptors (Lipinski definition) is 4. The minimum atomic E-state index is 0.0284. The number of H-pyrrole nitrogens is 1. The fourth-order valence-corrected chi connectivity index (χ4v) is 3.34. The summed E-state index contributed by atoms with van der Waals surface area (Å²) < 4.78 is 6.16. The predicted octanol–water partition coefficient (Wildman–Crippen LogP) is 4.28. The average molecular weight is 358 g/mol. The molecule has 4 rings (SSSR count). The Bertz CT molecular complexity index is 1040. The second-order valence-electron chi connectivity index (χ2n) is 6.50. The van der Waals surface area contributed by atoms with Gasteiger partial charge in [-0.15, -0.1) is 0 Å². The molecule has 0 saturated carbocycles. The van der Waals surface area contributed by atoms with E-state index >= 15 is 0 Å². The normalized spacial score (nSPS) is 12.2. The lowest BCUT2D eigenvalue weighted by molar-refractivity contribution is 0.221. The maximum atomic E-state index is 6.16. The van der Waals surface area contributed by atoms with Crippen LogP contribution < -0.4 is 10.1 Å². The summed E-state index contributed by atoms with van der Waals surface area (Å²) >= 11 is 0. The van der Waals surface area contributed by atoms with Crippen LogP contribution in [-0.4, -0.2) is 34.6 Å². The summed E-state index contributed by atoms with van der Waals surface area (Å²) in [5, 5.41) is 3.14. The number of rotatable bonds is 6. The van der Waals surface area contributed by atoms with Crippen molar-refractivity contribution in [3.05, 3.63) is 67.1 Å². The minimum Gasteiger partial charge on any atom is -0.487 e. The van der Waals surface area contributed by atoms with E-state index in [-0.39, 0.29) is 6.10 Å². The average Bonchev–Trinajstić information content (AvgIpc) is 3.08. The molecule has 0 fully saturated rings. The molecule has 0 aliphatic carbocycles. The number of ether oxygens (including phenoxy) is 1. The van der Waals surface area contributed by atoms with E-state index in [0.717, 1.165) is 45.7 Å². The van der Waals surface area contributed by atoms with Crippen LogP contribution in [0.15, 0.2) is 67.1 Å². The van der Waals surface area contributed by atoms with Gasteiger partial charge in [0.05, 0.1) is 22.9 Å². The van der Waals surface area contributed by atoms with Crippen molar-refractivity contribution in [3.63, 3.8) is 0 Å². The van der Waals surface area contributed by atoms with Crippen LogP contribution >= 0.6 is 0 Å². The van der Waals surface area contributed by atoms with E-state index in [4.69, 9.17) is 4.74 Å². The second kappa shape index (κ2) is 7.60. The molecule has 2 N–H and O–H groups in total. The van der Waals surface area contributed by atoms with Crippen LogP contribution in [0.25, 0.3) is 33.4 Å². The summed E-state index contributed by atoms with van der Waals surface area (Å²) in [4.78, 5) is 12.4. The van der Waals surface area contributed by atoms with Gasteiger partial charge in [-0.2, -0.15) is 0 Å². The molecule has 0 unspecified atom stereocenters. The van der Waals surface area contributed by atoms with Crippen molar-refractivity contribution in [2.24, 2.45) is 0 Å². The quantitative estimate of drug-likeness (QED) is 0.540. The monoisotopic (exact) mass is 358 g/mol. The Morgan fingerprint density at radius 1 is 1.07 bits per heavy atom. The fourth-order valence-electron chi connectivity index (χ4n) is 3.34. The molecule has 5 nitrogen and oxygen atoms in total. The lowest BCUT2D eigenvalue weighted by Gasteiger charge is -2.17. The number of nitrogens with one attached hydrogen (secondary N) is 2. The number of benzene rings is 1. The van der Waals surface area contributed by atoms with E-state index in [1.54, 1.807) is 12.4 Å². The first-order valence-corrected chi connectivity index (χ1v) is 9.05. The van der Waals surface area contributed by atoms with Crippen molar-refractivity contribution < 1.29 is 4.74 Å². The Hall–Kier alpha value is -3.18. The first-order valence-electron chi connectivity index (χ1n) is 9.05. The molecule has 1 atom stereocenters. The number of aromatic nitrogens is 3. The van der Waals surface area contributed by atoms with E-state index in [9.17, 15) is 0 Å². The van der Waals surface area contributed by atoms with Crippen LogP contribution in [0, 0.1) is 0 Å². The van der Waals surface area contributed by atoms with E-state index < -0.39 is 0 Å². The summed E-state index contributed by atoms with van der Waals surface area (Å²) in [7, 11) is 1.92. The molecular weight excluding hydrogens is 336 g/mol. The molecule has 0 saturated heterocycles. The molecule has 4 aromatic rings. The van der Waals surface area contributed by atoms with Crippen LogP contribution in [0.4, 0.5) is 0 Å². The third kappa shape index (κ3) is 3.41. The molecule has 0 amide bonds. The van der Waals surface area contributed by atoms with Gasteiger partial charge in [-0.1, -0.05) is 30.3 Å². The zero-order valence-electron chi connectivity index (χ0n) is 15.4. The lowest BCUT2D eigenvalue weighted by Crippen LogP contribution is -2.26. The SMILES string of the molecule is CNC[C@H](C)Oc1cnccc1-c1[nH]c2cccnc2c1-c1ccccc1. The van der Waals surface area contributed by atoms with Crippen LogP contribution in [0.1, 0.15) is 6.92 Å². The van der Waals surface area contributed by atoms with Gasteiger partial charge in [-0.05, 0) is 37.7 Å². The fraction of sp³-hybridized carbons (Fsp3) is 0.182. The third-order valence-electron chi connectivity index (χ3n) is 4.49. The van der Waals surface area contributed by atoms with Crippen LogP contribution in [0.5, 0.6) is 5.75 Å². The standard InChI is InChI=1S/C22H22N4O/c1-15(13-23-2)27-19-14-24-12-10-17(19)21-20(16-7-4-3-5-8-16)22-18(26-21)9-6-11-25-22/h3-12,14-15,23,26H,13H2,1-2H3/t15-/m0/s1. The maximum absolute atomic E-state index is 6.16. The molecule has 0 bridgehead atoms. The van der Waals surface area contributed by atoms with E-state index in [0.29, 0.717) is 0 Å². The highest BCUT2D eigenvalue weighted by Gasteiger charge is 2.19. The van der Waals surface area contributed by atoms with Gasteiger partial charge in [0.1, 0.15) is 11.9 Å². The highest BCUT2D eigenvalue weighted by Crippen LogP contribution is 2.40. The number of likely N-dealkylation sites (N-methyl/N-ethyl adjacent to an activating group) is 1. The first kappa shape index (κ1) is 17.2. The van der Waals surface area contributed by atoms with Crippen molar-refractivity contribution in [1.82, 2.24) is 20.3 Å². The Morgan fingerprint density at radius 2 is 1.93 bits per heavy atom. The van der Waals surface area contributed by atoms with Crippen LogP contribution in [0.2, 0.25) is 0 Å². The van der Waals surface area contributed by atoms with E-state index in [1.165, 1.54) is 0 Å². The highest BCUT2D eigenvalue weighted by atomic mass is 16.5. The molecule has 0 radical (unpaired) electrons. The molecule has 1 aromatic carbocycles. The van der Waals surface area contributed by atoms with Crippen molar-refractivity contribution in [3.8, 4) is 28.1 Å². The van der Waals surface area contributed by atoms with Gasteiger partial charge < -0.3 is 15.0 Å². The van der Waals surface area contributed by atoms with E-state index in [1.807, 2.05) is 56.6 Å². The van der Waals surface area contributed by atoms with Gasteiger partial charge in [0, 0.05) is 30.1 Å². The topological polar surface area (TPSA) is 62.8 Å². The summed E-state index contributed by atoms with van der Waals surface area (Å²) in [5.41, 5.74) is 6.10. The molecule has 0 aliphatic rings. The molecule has 5 heteroatoms. The van der Waals surface area contributed by atoms with Crippen molar-refractivity contribution in [2.45, 2.75) is 13.0 Å². The van der Waals surface area contributed by atoms with Crippen LogP contribution in [-0.2, 0) is 0 Å². The Balaban J connectivity index is 1.91. The number of nitrogens with zero attached hydrogens (tertiary/aromatic N) is 2. The maximum Gasteiger partial charge on any atom is 0.147 e. The summed E-state index contributed by atoms with van der Waals surface area (Å²) in [6.07, 6.45) is 5.42. The molecule has 0 spiro atoms. The largest absolute Gasteiger partial charge is 0.487 e. The molecule has 0 aliphatic heterocycles. The number of fused-ring (bicyclic) bond motifs is 1. The highest BCUT2D eigenvalue weighted by molar-refractivity contribution is 6.02. The zero-order valence-corrected chi connectivity index (χ0v) is 15.4. The number of aromatic amines is 1. The van der Waals surface area contributed by atoms with Crippen molar-refractivity contribution in [1.29, 1.82) is 0 Å². The lowest BCUT2D eigenvalue weighted by atomic mass is 10.0. The van der Waals surface area contributed by atoms with Gasteiger partial charge >= 0.3 is 0 Å². The van der Waals surface area contributed by atoms with Gasteiger partial charge in [0.15, 0.2) is 0 Å². The van der Waals surface area contributed by atoms with E-state index in [2.05, 4.69) is 32.4 Å². The molecule has 3 heterocycles. The Kier molecular flexibility index (Phi) is 4.85. The smallest absolute Gasteiger partial charge is 0.147 e. The minimum absolute atomic E-state index is 0.0284. The van der Waals surface area contributed by atoms with Gasteiger partial charge in [0.2, 0.25) is 0 Å². The summed E-state index contributed by atoms with van der Waals surface area (Å²) in [5.74, 6) is 0.754. The summed E-state index contributed by atoms with van der Waals surface area (Å²) in [6, 6.07) is 16.3. The summed E-state index contributed by atoms with van der Waals surface area (Å²) in [6.45, 7) is 2.80. The van der Waals surface area contributed by atoms with Crippen LogP contribution in [0.3, 0.4) is 0 Å². The Labute approximate surface area is 158 Å². The van der Waals surface area contributed by atoms with Gasteiger partial charge in [-0.3, -0.25) is 9.97 Å². The van der Waals surface area contributed by atoms with Gasteiger partial charge in [0.25, 0.3) is 0 Å². The first-order chi connectivity index (χ1) is 13.3. The van der Waals surface area contributed by atoms with Crippen molar-refractivity contribution >= 4 is 11.0 Å². The third-order valence-corrected chi connectivity index (χ3v) is 4.49. The molecule has 136 valence electrons. The zero-order chi connectivity index (χ0) is 18.6. The predicted molar refractivity (Wildman–Crippen MR) is 109 cm³/mol. The molecule has 3 aromatic heterocycles. The van der Waals surface area contributed by atoms with Crippen molar-refractivity contribution in [2.75, 3.05) is 13.6 Å². The molecule has 27 heavy (non-hydrogen) atoms. The number of hydrogen-bond donors (Lipinski definition) is 2.